The summed E-state index contributed by atoms with van der Waals surface area (Å²) in [4.78, 5) is 12.0. The van der Waals surface area contributed by atoms with Crippen LogP contribution in [0.5, 0.6) is 0 Å². The monoisotopic (exact) mass is 203 g/mol. The fourth-order valence-electron chi connectivity index (χ4n) is 2.29. The Hall–Kier alpha value is -1.15. The number of hydrogen-bond donors (Lipinski definition) is 1. The molecule has 2 rings (SSSR count). The number of carbonyl (C=O) groups is 1. The van der Waals surface area contributed by atoms with E-state index in [1.807, 2.05) is 30.3 Å². The van der Waals surface area contributed by atoms with Gasteiger partial charge in [-0.1, -0.05) is 43.2 Å². The second kappa shape index (κ2) is 4.58. The highest BCUT2D eigenvalue weighted by molar-refractivity contribution is 5.87. The smallest absolute Gasteiger partial charge is 0.157 e. The van der Waals surface area contributed by atoms with Crippen LogP contribution in [0.25, 0.3) is 0 Å². The molecule has 0 aliphatic heterocycles. The van der Waals surface area contributed by atoms with Gasteiger partial charge in [-0.05, 0) is 18.4 Å². The predicted octanol–water partition coefficient (Wildman–Crippen LogP) is 2.45. The molecule has 1 fully saturated rings. The van der Waals surface area contributed by atoms with Crippen molar-refractivity contribution < 1.29 is 4.79 Å². The summed E-state index contributed by atoms with van der Waals surface area (Å²) in [6.45, 7) is 0. The van der Waals surface area contributed by atoms with Crippen molar-refractivity contribution in [2.45, 2.75) is 31.7 Å². The molecule has 15 heavy (non-hydrogen) atoms. The molecule has 1 aliphatic rings. The highest BCUT2D eigenvalue weighted by atomic mass is 16.1. The fraction of sp³-hybridized carbons (Fsp3) is 0.462. The Morgan fingerprint density at radius 2 is 1.80 bits per heavy atom. The SMILES string of the molecule is NC(C(=O)C1CCCC1)c1ccccc1. The Kier molecular flexibility index (Phi) is 3.17. The van der Waals surface area contributed by atoms with Gasteiger partial charge in [-0.2, -0.15) is 0 Å². The third-order valence-corrected chi connectivity index (χ3v) is 3.22. The Morgan fingerprint density at radius 1 is 1.20 bits per heavy atom. The van der Waals surface area contributed by atoms with Gasteiger partial charge in [-0.25, -0.2) is 0 Å². The van der Waals surface area contributed by atoms with Crippen LogP contribution in [0.2, 0.25) is 0 Å². The summed E-state index contributed by atoms with van der Waals surface area (Å²) in [5, 5.41) is 0. The van der Waals surface area contributed by atoms with Crippen molar-refractivity contribution in [2.24, 2.45) is 11.7 Å². The summed E-state index contributed by atoms with van der Waals surface area (Å²) in [6.07, 6.45) is 4.41. The molecule has 0 heterocycles. The van der Waals surface area contributed by atoms with E-state index < -0.39 is 6.04 Å². The van der Waals surface area contributed by atoms with Crippen LogP contribution in [0.3, 0.4) is 0 Å². The van der Waals surface area contributed by atoms with Gasteiger partial charge in [0.05, 0.1) is 6.04 Å². The topological polar surface area (TPSA) is 43.1 Å². The lowest BCUT2D eigenvalue weighted by molar-refractivity contribution is -0.124. The number of benzene rings is 1. The largest absolute Gasteiger partial charge is 0.318 e. The summed E-state index contributed by atoms with van der Waals surface area (Å²) < 4.78 is 0. The van der Waals surface area contributed by atoms with Crippen LogP contribution >= 0.6 is 0 Å². The number of ketones is 1. The first-order valence-electron chi connectivity index (χ1n) is 5.63. The standard InChI is InChI=1S/C13H17NO/c14-12(10-6-2-1-3-7-10)13(15)11-8-4-5-9-11/h1-3,6-7,11-12H,4-5,8-9,14H2. The van der Waals surface area contributed by atoms with E-state index in [9.17, 15) is 4.79 Å². The molecule has 0 amide bonds. The molecule has 1 aromatic carbocycles. The molecule has 1 unspecified atom stereocenters. The van der Waals surface area contributed by atoms with E-state index in [0.29, 0.717) is 0 Å². The van der Waals surface area contributed by atoms with E-state index in [0.717, 1.165) is 18.4 Å². The summed E-state index contributed by atoms with van der Waals surface area (Å²) in [5.41, 5.74) is 6.91. The van der Waals surface area contributed by atoms with Gasteiger partial charge in [0, 0.05) is 5.92 Å². The lowest BCUT2D eigenvalue weighted by atomic mass is 9.93. The molecule has 0 saturated heterocycles. The number of Topliss-reactive ketones (excluding diaryl/α,β-unsaturated/α-hetero) is 1. The molecule has 2 heteroatoms. The first kappa shape index (κ1) is 10.4. The molecule has 80 valence electrons. The van der Waals surface area contributed by atoms with E-state index in [4.69, 9.17) is 5.73 Å². The van der Waals surface area contributed by atoms with Crippen molar-refractivity contribution >= 4 is 5.78 Å². The second-order valence-corrected chi connectivity index (χ2v) is 4.27. The summed E-state index contributed by atoms with van der Waals surface area (Å²) in [6, 6.07) is 9.23. The van der Waals surface area contributed by atoms with Gasteiger partial charge in [0.2, 0.25) is 0 Å². The van der Waals surface area contributed by atoms with Crippen molar-refractivity contribution in [1.82, 2.24) is 0 Å². The van der Waals surface area contributed by atoms with E-state index in [-0.39, 0.29) is 11.7 Å². The lowest BCUT2D eigenvalue weighted by Crippen LogP contribution is -2.26. The molecule has 1 aliphatic carbocycles. The van der Waals surface area contributed by atoms with Crippen LogP contribution < -0.4 is 5.73 Å². The molecule has 0 spiro atoms. The minimum Gasteiger partial charge on any atom is -0.318 e. The zero-order valence-electron chi connectivity index (χ0n) is 8.86. The maximum Gasteiger partial charge on any atom is 0.157 e. The van der Waals surface area contributed by atoms with Gasteiger partial charge in [0.15, 0.2) is 5.78 Å². The van der Waals surface area contributed by atoms with E-state index in [1.165, 1.54) is 12.8 Å². The normalized spacial score (nSPS) is 19.0. The first-order chi connectivity index (χ1) is 7.29. The maximum atomic E-state index is 12.0. The van der Waals surface area contributed by atoms with Gasteiger partial charge in [0.25, 0.3) is 0 Å². The van der Waals surface area contributed by atoms with Gasteiger partial charge in [-0.3, -0.25) is 4.79 Å². The number of hydrogen-bond acceptors (Lipinski definition) is 2. The van der Waals surface area contributed by atoms with Gasteiger partial charge in [0.1, 0.15) is 0 Å². The van der Waals surface area contributed by atoms with Crippen molar-refractivity contribution in [3.05, 3.63) is 35.9 Å². The van der Waals surface area contributed by atoms with Crippen LogP contribution in [0.1, 0.15) is 37.3 Å². The summed E-state index contributed by atoms with van der Waals surface area (Å²) >= 11 is 0. The molecular weight excluding hydrogens is 186 g/mol. The van der Waals surface area contributed by atoms with E-state index in [1.54, 1.807) is 0 Å². The lowest BCUT2D eigenvalue weighted by Gasteiger charge is -2.15. The van der Waals surface area contributed by atoms with Gasteiger partial charge >= 0.3 is 0 Å². The number of rotatable bonds is 3. The van der Waals surface area contributed by atoms with Crippen LogP contribution in [-0.2, 0) is 4.79 Å². The van der Waals surface area contributed by atoms with E-state index >= 15 is 0 Å². The van der Waals surface area contributed by atoms with Gasteiger partial charge in [-0.15, -0.1) is 0 Å². The molecular formula is C13H17NO. The third kappa shape index (κ3) is 2.26. The van der Waals surface area contributed by atoms with Crippen molar-refractivity contribution in [2.75, 3.05) is 0 Å². The van der Waals surface area contributed by atoms with Crippen molar-refractivity contribution in [3.63, 3.8) is 0 Å². The third-order valence-electron chi connectivity index (χ3n) is 3.22. The molecule has 2 nitrogen and oxygen atoms in total. The Balaban J connectivity index is 2.07. The van der Waals surface area contributed by atoms with Crippen LogP contribution in [-0.4, -0.2) is 5.78 Å². The maximum absolute atomic E-state index is 12.0. The minimum absolute atomic E-state index is 0.209. The highest BCUT2D eigenvalue weighted by Crippen LogP contribution is 2.29. The van der Waals surface area contributed by atoms with Crippen LogP contribution in [0, 0.1) is 5.92 Å². The second-order valence-electron chi connectivity index (χ2n) is 4.27. The first-order valence-corrected chi connectivity index (χ1v) is 5.63. The van der Waals surface area contributed by atoms with Gasteiger partial charge < -0.3 is 5.73 Å². The Labute approximate surface area is 90.5 Å². The summed E-state index contributed by atoms with van der Waals surface area (Å²) in [7, 11) is 0. The van der Waals surface area contributed by atoms with E-state index in [2.05, 4.69) is 0 Å². The molecule has 1 atom stereocenters. The average Bonchev–Trinajstić information content (AvgIpc) is 2.82. The van der Waals surface area contributed by atoms with Crippen molar-refractivity contribution in [3.8, 4) is 0 Å². The van der Waals surface area contributed by atoms with Crippen molar-refractivity contribution in [1.29, 1.82) is 0 Å². The zero-order chi connectivity index (χ0) is 10.7. The molecule has 0 aromatic heterocycles. The molecule has 1 aromatic rings. The Morgan fingerprint density at radius 3 is 2.40 bits per heavy atom. The van der Waals surface area contributed by atoms with Crippen LogP contribution in [0.4, 0.5) is 0 Å². The summed E-state index contributed by atoms with van der Waals surface area (Å²) in [5.74, 6) is 0.430. The van der Waals surface area contributed by atoms with Crippen LogP contribution in [0.15, 0.2) is 30.3 Å². The zero-order valence-corrected chi connectivity index (χ0v) is 8.86. The molecule has 1 saturated carbocycles. The average molecular weight is 203 g/mol. The molecule has 0 bridgehead atoms. The number of nitrogens with two attached hydrogens (primary N) is 1. The molecule has 2 N–H and O–H groups in total. The predicted molar refractivity (Wildman–Crippen MR) is 60.3 cm³/mol. The minimum atomic E-state index is -0.422. The highest BCUT2D eigenvalue weighted by Gasteiger charge is 2.27. The Bertz CT molecular complexity index is 328. The molecule has 0 radical (unpaired) electrons. The quantitative estimate of drug-likeness (QED) is 0.820. The fourth-order valence-corrected chi connectivity index (χ4v) is 2.29. The number of carbonyl (C=O) groups excluding carboxylic acids is 1.